The van der Waals surface area contributed by atoms with Gasteiger partial charge in [0, 0.05) is 14.1 Å². The Morgan fingerprint density at radius 1 is 1.56 bits per heavy atom. The molecule has 1 N–H and O–H groups in total. The van der Waals surface area contributed by atoms with Crippen molar-refractivity contribution < 1.29 is 18.7 Å². The van der Waals surface area contributed by atoms with Crippen LogP contribution in [-0.4, -0.2) is 36.1 Å². The first-order chi connectivity index (χ1) is 3.85. The van der Waals surface area contributed by atoms with Crippen molar-refractivity contribution >= 4 is 5.91 Å². The van der Waals surface area contributed by atoms with Crippen LogP contribution in [0, 0.1) is 0 Å². The Hall–Kier alpha value is -0.710. The molecule has 9 heavy (non-hydrogen) atoms. The van der Waals surface area contributed by atoms with Gasteiger partial charge in [-0.2, -0.15) is 8.78 Å². The van der Waals surface area contributed by atoms with Crippen LogP contribution >= 0.6 is 0 Å². The summed E-state index contributed by atoms with van der Waals surface area (Å²) in [6, 6.07) is 0. The summed E-state index contributed by atoms with van der Waals surface area (Å²) in [7, 11) is 2.26. The molecule has 0 atom stereocenters. The number of aliphatic hydroxyl groups is 1. The van der Waals surface area contributed by atoms with Gasteiger partial charge >= 0.3 is 12.0 Å². The average Bonchev–Trinajstić information content (AvgIpc) is 1.62. The Bertz CT molecular complexity index is 118. The molecule has 0 radical (unpaired) electrons. The second-order valence-corrected chi connectivity index (χ2v) is 1.74. The molecular weight excluding hydrogens is 132 g/mol. The number of hydrogen-bond acceptors (Lipinski definition) is 2. The number of carbonyl (C=O) groups is 1. The highest BCUT2D eigenvalue weighted by Gasteiger charge is 2.36. The summed E-state index contributed by atoms with van der Waals surface area (Å²) in [6.45, 7) is 0. The fourth-order valence-electron chi connectivity index (χ4n) is 0.269. The van der Waals surface area contributed by atoms with E-state index in [1.807, 2.05) is 0 Å². The lowest BCUT2D eigenvalue weighted by atomic mass is 10.5. The third kappa shape index (κ3) is 2.36. The standard InChI is InChI=1S/C4H7F2NO2/c1-7(2)3(8)4(5,6)9/h9H,1-2H3. The van der Waals surface area contributed by atoms with Gasteiger partial charge in [-0.05, 0) is 0 Å². The van der Waals surface area contributed by atoms with E-state index in [2.05, 4.69) is 0 Å². The zero-order valence-corrected chi connectivity index (χ0v) is 5.06. The largest absolute Gasteiger partial charge is 0.434 e. The van der Waals surface area contributed by atoms with E-state index in [9.17, 15) is 13.6 Å². The highest BCUT2D eigenvalue weighted by atomic mass is 19.3. The number of rotatable bonds is 1. The van der Waals surface area contributed by atoms with Crippen LogP contribution in [0.3, 0.4) is 0 Å². The maximum atomic E-state index is 11.5. The van der Waals surface area contributed by atoms with Gasteiger partial charge in [-0.15, -0.1) is 0 Å². The molecule has 3 nitrogen and oxygen atoms in total. The van der Waals surface area contributed by atoms with Crippen molar-refractivity contribution in [1.29, 1.82) is 0 Å². The Morgan fingerprint density at radius 3 is 1.89 bits per heavy atom. The van der Waals surface area contributed by atoms with Crippen LogP contribution in [0.5, 0.6) is 0 Å². The number of likely N-dealkylation sites (N-methyl/N-ethyl adjacent to an activating group) is 1. The SMILES string of the molecule is CN(C)C(=O)C(O)(F)F. The lowest BCUT2D eigenvalue weighted by Crippen LogP contribution is -2.38. The summed E-state index contributed by atoms with van der Waals surface area (Å²) in [5, 5.41) is 7.73. The first-order valence-corrected chi connectivity index (χ1v) is 2.17. The van der Waals surface area contributed by atoms with Gasteiger partial charge in [0.05, 0.1) is 0 Å². The van der Waals surface area contributed by atoms with Crippen molar-refractivity contribution in [2.24, 2.45) is 0 Å². The van der Waals surface area contributed by atoms with Crippen molar-refractivity contribution in [2.75, 3.05) is 14.1 Å². The van der Waals surface area contributed by atoms with E-state index in [0.29, 0.717) is 4.90 Å². The Morgan fingerprint density at radius 2 is 1.89 bits per heavy atom. The Balaban J connectivity index is 4.06. The molecule has 0 aromatic rings. The van der Waals surface area contributed by atoms with Crippen LogP contribution in [0.1, 0.15) is 0 Å². The molecular formula is C4H7F2NO2. The summed E-state index contributed by atoms with van der Waals surface area (Å²) in [5.74, 6) is -1.61. The van der Waals surface area contributed by atoms with E-state index in [1.54, 1.807) is 0 Å². The maximum Gasteiger partial charge on any atom is 0.434 e. The van der Waals surface area contributed by atoms with Gasteiger partial charge in [-0.1, -0.05) is 0 Å². The van der Waals surface area contributed by atoms with Crippen LogP contribution in [0.15, 0.2) is 0 Å². The van der Waals surface area contributed by atoms with Crippen molar-refractivity contribution in [3.63, 3.8) is 0 Å². The molecule has 0 saturated carbocycles. The van der Waals surface area contributed by atoms with Crippen molar-refractivity contribution in [1.82, 2.24) is 4.90 Å². The number of hydrogen-bond donors (Lipinski definition) is 1. The quantitative estimate of drug-likeness (QED) is 0.539. The van der Waals surface area contributed by atoms with Crippen molar-refractivity contribution in [3.8, 4) is 0 Å². The molecule has 1 amide bonds. The monoisotopic (exact) mass is 139 g/mol. The Kier molecular flexibility index (Phi) is 2.08. The van der Waals surface area contributed by atoms with Gasteiger partial charge in [0.15, 0.2) is 0 Å². The fraction of sp³-hybridized carbons (Fsp3) is 0.750. The molecule has 0 unspecified atom stereocenters. The predicted molar refractivity (Wildman–Crippen MR) is 25.9 cm³/mol. The highest BCUT2D eigenvalue weighted by molar-refractivity contribution is 5.81. The number of amides is 1. The minimum Gasteiger partial charge on any atom is -0.341 e. The zero-order chi connectivity index (χ0) is 7.65. The van der Waals surface area contributed by atoms with Crippen LogP contribution in [0.4, 0.5) is 8.78 Å². The van der Waals surface area contributed by atoms with Crippen LogP contribution in [-0.2, 0) is 4.79 Å². The highest BCUT2D eigenvalue weighted by Crippen LogP contribution is 2.09. The van der Waals surface area contributed by atoms with Crippen LogP contribution < -0.4 is 0 Å². The third-order valence-corrected chi connectivity index (χ3v) is 0.663. The van der Waals surface area contributed by atoms with Gasteiger partial charge < -0.3 is 10.0 Å². The molecule has 0 aliphatic rings. The molecule has 0 saturated heterocycles. The van der Waals surface area contributed by atoms with Gasteiger partial charge in [-0.25, -0.2) is 0 Å². The first-order valence-electron chi connectivity index (χ1n) is 2.17. The molecule has 54 valence electrons. The van der Waals surface area contributed by atoms with E-state index in [-0.39, 0.29) is 0 Å². The van der Waals surface area contributed by atoms with Crippen molar-refractivity contribution in [2.45, 2.75) is 6.11 Å². The number of carbonyl (C=O) groups excluding carboxylic acids is 1. The summed E-state index contributed by atoms with van der Waals surface area (Å²) in [5.41, 5.74) is 0. The smallest absolute Gasteiger partial charge is 0.341 e. The minimum atomic E-state index is -4.23. The molecule has 0 rings (SSSR count). The predicted octanol–water partition coefficient (Wildman–Crippen LogP) is -0.340. The van der Waals surface area contributed by atoms with E-state index >= 15 is 0 Å². The summed E-state index contributed by atoms with van der Waals surface area (Å²) in [6.07, 6.45) is -4.23. The second kappa shape index (κ2) is 2.26. The van der Waals surface area contributed by atoms with Gasteiger partial charge in [0.1, 0.15) is 0 Å². The molecule has 0 aliphatic heterocycles. The van der Waals surface area contributed by atoms with Gasteiger partial charge in [0.25, 0.3) is 0 Å². The molecule has 0 aliphatic carbocycles. The number of nitrogens with zero attached hydrogens (tertiary/aromatic N) is 1. The van der Waals surface area contributed by atoms with Gasteiger partial charge in [-0.3, -0.25) is 4.79 Å². The molecule has 0 aromatic carbocycles. The molecule has 0 aromatic heterocycles. The molecule has 0 bridgehead atoms. The number of halogens is 2. The van der Waals surface area contributed by atoms with E-state index < -0.39 is 12.0 Å². The molecule has 5 heteroatoms. The van der Waals surface area contributed by atoms with E-state index in [4.69, 9.17) is 5.11 Å². The van der Waals surface area contributed by atoms with E-state index in [0.717, 1.165) is 14.1 Å². The minimum absolute atomic E-state index is 0.611. The van der Waals surface area contributed by atoms with E-state index in [1.165, 1.54) is 0 Å². The normalized spacial score (nSPS) is 11.2. The molecule has 0 fully saturated rings. The summed E-state index contributed by atoms with van der Waals surface area (Å²) < 4.78 is 23.1. The topological polar surface area (TPSA) is 40.5 Å². The number of alkyl halides is 2. The summed E-state index contributed by atoms with van der Waals surface area (Å²) >= 11 is 0. The lowest BCUT2D eigenvalue weighted by molar-refractivity contribution is -0.213. The lowest BCUT2D eigenvalue weighted by Gasteiger charge is -2.13. The first kappa shape index (κ1) is 8.29. The summed E-state index contributed by atoms with van der Waals surface area (Å²) in [4.78, 5) is 10.7. The fourth-order valence-corrected chi connectivity index (χ4v) is 0.269. The van der Waals surface area contributed by atoms with Crippen LogP contribution in [0.25, 0.3) is 0 Å². The molecule has 0 heterocycles. The Labute approximate surface area is 50.9 Å². The third-order valence-electron chi connectivity index (χ3n) is 0.663. The van der Waals surface area contributed by atoms with Crippen molar-refractivity contribution in [3.05, 3.63) is 0 Å². The zero-order valence-electron chi connectivity index (χ0n) is 5.06. The average molecular weight is 139 g/mol. The molecule has 0 spiro atoms. The maximum absolute atomic E-state index is 11.5. The van der Waals surface area contributed by atoms with Crippen LogP contribution in [0.2, 0.25) is 0 Å². The van der Waals surface area contributed by atoms with Gasteiger partial charge in [0.2, 0.25) is 0 Å². The second-order valence-electron chi connectivity index (χ2n) is 1.74.